The van der Waals surface area contributed by atoms with Crippen LogP contribution in [-0.2, 0) is 19.4 Å². The van der Waals surface area contributed by atoms with Crippen molar-refractivity contribution in [3.63, 3.8) is 0 Å². The van der Waals surface area contributed by atoms with E-state index in [4.69, 9.17) is 10.5 Å². The lowest BCUT2D eigenvalue weighted by molar-refractivity contribution is -0.118. The Hall–Kier alpha value is -0.660. The van der Waals surface area contributed by atoms with Crippen LogP contribution < -0.4 is 11.1 Å². The third-order valence-corrected chi connectivity index (χ3v) is 3.68. The lowest BCUT2D eigenvalue weighted by Gasteiger charge is -2.17. The number of rotatable bonds is 8. The maximum absolute atomic E-state index is 11.6. The van der Waals surface area contributed by atoms with Crippen molar-refractivity contribution in [1.29, 1.82) is 0 Å². The van der Waals surface area contributed by atoms with Crippen LogP contribution in [0, 0.1) is 0 Å². The lowest BCUT2D eigenvalue weighted by Crippen LogP contribution is -2.43. The molecule has 6 nitrogen and oxygen atoms in total. The van der Waals surface area contributed by atoms with Gasteiger partial charge in [0.25, 0.3) is 0 Å². The van der Waals surface area contributed by atoms with Gasteiger partial charge in [0, 0.05) is 25.8 Å². The molecule has 0 aromatic carbocycles. The molecule has 0 fully saturated rings. The van der Waals surface area contributed by atoms with Crippen LogP contribution in [0.3, 0.4) is 0 Å². The summed E-state index contributed by atoms with van der Waals surface area (Å²) in [6, 6.07) is 0. The van der Waals surface area contributed by atoms with Crippen LogP contribution in [0.1, 0.15) is 20.3 Å². The highest BCUT2D eigenvalue weighted by Gasteiger charge is 2.24. The molecule has 0 aromatic heterocycles. The van der Waals surface area contributed by atoms with Gasteiger partial charge in [-0.2, -0.15) is 0 Å². The van der Waals surface area contributed by atoms with E-state index in [1.165, 1.54) is 0 Å². The summed E-state index contributed by atoms with van der Waals surface area (Å²) in [6.07, 6.45) is 0.657. The number of amides is 1. The van der Waals surface area contributed by atoms with E-state index >= 15 is 0 Å². The Morgan fingerprint density at radius 3 is 2.47 bits per heavy atom. The molecule has 0 heterocycles. The zero-order valence-electron chi connectivity index (χ0n) is 10.7. The summed E-state index contributed by atoms with van der Waals surface area (Å²) < 4.78 is 28.0. The van der Waals surface area contributed by atoms with Gasteiger partial charge in [0.05, 0.1) is 5.75 Å². The lowest BCUT2D eigenvalue weighted by atomic mass is 10.1. The molecule has 0 rings (SSSR count). The van der Waals surface area contributed by atoms with E-state index in [0.717, 1.165) is 0 Å². The molecule has 0 spiro atoms. The number of methoxy groups -OCH3 is 1. The van der Waals surface area contributed by atoms with E-state index in [1.807, 2.05) is 0 Å². The summed E-state index contributed by atoms with van der Waals surface area (Å²) in [5, 5.41) is 2.52. The molecule has 0 aliphatic rings. The fraction of sp³-hybridized carbons (Fsp3) is 0.900. The number of nitrogens with two attached hydrogens (primary N) is 1. The predicted molar refractivity (Wildman–Crippen MR) is 66.4 cm³/mol. The van der Waals surface area contributed by atoms with Gasteiger partial charge in [-0.3, -0.25) is 4.79 Å². The number of nitrogens with one attached hydrogen (secondary N) is 1. The maximum atomic E-state index is 11.6. The minimum atomic E-state index is -3.45. The van der Waals surface area contributed by atoms with E-state index in [2.05, 4.69) is 5.32 Å². The molecule has 17 heavy (non-hydrogen) atoms. The van der Waals surface area contributed by atoms with E-state index < -0.39 is 27.0 Å². The first-order valence-corrected chi connectivity index (χ1v) is 7.23. The molecule has 102 valence electrons. The standard InChI is InChI=1S/C10H22N2O4S/c1-10(2,11)8-17(14,15)7-9(13)12-5-4-6-16-3/h4-8,11H2,1-3H3,(H,12,13). The van der Waals surface area contributed by atoms with Crippen molar-refractivity contribution in [2.45, 2.75) is 25.8 Å². The number of hydrogen-bond acceptors (Lipinski definition) is 5. The van der Waals surface area contributed by atoms with Crippen molar-refractivity contribution >= 4 is 15.7 Å². The predicted octanol–water partition coefficient (Wildman–Crippen LogP) is -0.709. The number of hydrogen-bond donors (Lipinski definition) is 2. The first-order valence-electron chi connectivity index (χ1n) is 5.41. The van der Waals surface area contributed by atoms with Gasteiger partial charge in [-0.1, -0.05) is 0 Å². The summed E-state index contributed by atoms with van der Waals surface area (Å²) in [5.74, 6) is -1.21. The minimum absolute atomic E-state index is 0.203. The first kappa shape index (κ1) is 16.3. The molecule has 0 unspecified atom stereocenters. The quantitative estimate of drug-likeness (QED) is 0.566. The van der Waals surface area contributed by atoms with Gasteiger partial charge in [0.15, 0.2) is 9.84 Å². The normalized spacial score (nSPS) is 12.5. The number of ether oxygens (including phenoxy) is 1. The van der Waals surface area contributed by atoms with Gasteiger partial charge < -0.3 is 15.8 Å². The van der Waals surface area contributed by atoms with Crippen molar-refractivity contribution in [1.82, 2.24) is 5.32 Å². The van der Waals surface area contributed by atoms with Gasteiger partial charge in [-0.15, -0.1) is 0 Å². The molecular weight excluding hydrogens is 244 g/mol. The Morgan fingerprint density at radius 2 is 2.00 bits per heavy atom. The summed E-state index contributed by atoms with van der Waals surface area (Å²) in [4.78, 5) is 11.3. The van der Waals surface area contributed by atoms with Crippen LogP contribution in [-0.4, -0.2) is 51.6 Å². The first-order chi connectivity index (χ1) is 7.66. The Labute approximate surface area is 103 Å². The largest absolute Gasteiger partial charge is 0.385 e. The summed E-state index contributed by atoms with van der Waals surface area (Å²) in [5.41, 5.74) is 4.79. The van der Waals surface area contributed by atoms with Crippen LogP contribution in [0.15, 0.2) is 0 Å². The molecule has 0 aromatic rings. The van der Waals surface area contributed by atoms with Crippen LogP contribution in [0.2, 0.25) is 0 Å². The molecule has 0 radical (unpaired) electrons. The number of carbonyl (C=O) groups excluding carboxylic acids is 1. The van der Waals surface area contributed by atoms with Crippen LogP contribution in [0.4, 0.5) is 0 Å². The molecule has 7 heteroatoms. The van der Waals surface area contributed by atoms with E-state index in [-0.39, 0.29) is 5.75 Å². The van der Waals surface area contributed by atoms with Gasteiger partial charge in [0.2, 0.25) is 5.91 Å². The molecular formula is C10H22N2O4S. The molecule has 0 saturated carbocycles. The molecule has 0 bridgehead atoms. The maximum Gasteiger partial charge on any atom is 0.235 e. The fourth-order valence-corrected chi connectivity index (χ4v) is 3.05. The number of sulfone groups is 1. The highest BCUT2D eigenvalue weighted by molar-refractivity contribution is 7.92. The Morgan fingerprint density at radius 1 is 1.41 bits per heavy atom. The van der Waals surface area contributed by atoms with Crippen molar-refractivity contribution in [2.75, 3.05) is 31.8 Å². The van der Waals surface area contributed by atoms with E-state index in [9.17, 15) is 13.2 Å². The van der Waals surface area contributed by atoms with E-state index in [1.54, 1.807) is 21.0 Å². The Bertz CT molecular complexity index is 333. The average molecular weight is 266 g/mol. The smallest absolute Gasteiger partial charge is 0.235 e. The zero-order valence-corrected chi connectivity index (χ0v) is 11.5. The zero-order chi connectivity index (χ0) is 13.5. The molecule has 0 saturated heterocycles. The molecule has 1 amide bonds. The third kappa shape index (κ3) is 10.2. The third-order valence-electron chi connectivity index (χ3n) is 1.79. The number of carbonyl (C=O) groups is 1. The van der Waals surface area contributed by atoms with E-state index in [0.29, 0.717) is 19.6 Å². The SMILES string of the molecule is COCCCNC(=O)CS(=O)(=O)CC(C)(C)N. The Balaban J connectivity index is 4.03. The van der Waals surface area contributed by atoms with Crippen molar-refractivity contribution in [3.05, 3.63) is 0 Å². The molecule has 0 aliphatic heterocycles. The fourth-order valence-electron chi connectivity index (χ4n) is 1.31. The summed E-state index contributed by atoms with van der Waals surface area (Å²) >= 11 is 0. The second-order valence-corrected chi connectivity index (χ2v) is 6.78. The second kappa shape index (κ2) is 6.93. The summed E-state index contributed by atoms with van der Waals surface area (Å²) in [7, 11) is -1.88. The average Bonchev–Trinajstić information content (AvgIpc) is 2.07. The van der Waals surface area contributed by atoms with Crippen molar-refractivity contribution in [2.24, 2.45) is 5.73 Å². The van der Waals surface area contributed by atoms with Crippen LogP contribution in [0.25, 0.3) is 0 Å². The van der Waals surface area contributed by atoms with Crippen molar-refractivity contribution < 1.29 is 17.9 Å². The van der Waals surface area contributed by atoms with Crippen LogP contribution in [0.5, 0.6) is 0 Å². The summed E-state index contributed by atoms with van der Waals surface area (Å²) in [6.45, 7) is 4.17. The molecule has 0 atom stereocenters. The monoisotopic (exact) mass is 266 g/mol. The molecule has 3 N–H and O–H groups in total. The highest BCUT2D eigenvalue weighted by Crippen LogP contribution is 2.03. The van der Waals surface area contributed by atoms with Gasteiger partial charge in [-0.25, -0.2) is 8.42 Å². The van der Waals surface area contributed by atoms with Crippen molar-refractivity contribution in [3.8, 4) is 0 Å². The molecule has 0 aliphatic carbocycles. The topological polar surface area (TPSA) is 98.5 Å². The highest BCUT2D eigenvalue weighted by atomic mass is 32.2. The van der Waals surface area contributed by atoms with Gasteiger partial charge >= 0.3 is 0 Å². The van der Waals surface area contributed by atoms with Gasteiger partial charge in [0.1, 0.15) is 5.75 Å². The minimum Gasteiger partial charge on any atom is -0.385 e. The van der Waals surface area contributed by atoms with Crippen LogP contribution >= 0.6 is 0 Å². The second-order valence-electron chi connectivity index (χ2n) is 4.72. The van der Waals surface area contributed by atoms with Gasteiger partial charge in [-0.05, 0) is 20.3 Å². The Kier molecular flexibility index (Phi) is 6.66.